The van der Waals surface area contributed by atoms with Crippen LogP contribution in [0, 0.1) is 5.92 Å². The van der Waals surface area contributed by atoms with E-state index in [1.54, 1.807) is 19.1 Å². The molecule has 0 fully saturated rings. The number of benzene rings is 3. The maximum absolute atomic E-state index is 14.4. The van der Waals surface area contributed by atoms with Crippen LogP contribution in [-0.2, 0) is 27.5 Å². The summed E-state index contributed by atoms with van der Waals surface area (Å²) in [6.45, 7) is 6.73. The number of methoxy groups -OCH3 is 1. The highest BCUT2D eigenvalue weighted by Crippen LogP contribution is 2.31. The van der Waals surface area contributed by atoms with E-state index in [2.05, 4.69) is 4.72 Å². The Morgan fingerprint density at radius 3 is 2.37 bits per heavy atom. The number of sulfonamides is 1. The molecule has 1 heterocycles. The molecule has 0 aromatic heterocycles. The van der Waals surface area contributed by atoms with E-state index in [1.807, 2.05) is 25.8 Å². The van der Waals surface area contributed by atoms with Crippen molar-refractivity contribution in [2.24, 2.45) is 5.92 Å². The molecule has 0 saturated heterocycles. The van der Waals surface area contributed by atoms with Crippen LogP contribution in [0.3, 0.4) is 0 Å². The first-order chi connectivity index (χ1) is 24.1. The third-order valence-electron chi connectivity index (χ3n) is 8.90. The Balaban J connectivity index is 1.61. The van der Waals surface area contributed by atoms with Gasteiger partial charge in [0.2, 0.25) is 0 Å². The van der Waals surface area contributed by atoms with E-state index in [9.17, 15) is 31.5 Å². The van der Waals surface area contributed by atoms with Gasteiger partial charge in [0.15, 0.2) is 0 Å². The second-order valence-corrected chi connectivity index (χ2v) is 14.9. The SMILES string of the molecule is COc1ccc(S(=O)(=O)Nc2ccc3c(c2)C(=O)N([C@@H](C)CO)C[C@H](C)[C@@H](CN(C)Cc2ccc(C(F)(F)F)cc2)OCCCC[C@H](C)O3)cc1. The van der Waals surface area contributed by atoms with Gasteiger partial charge in [0.1, 0.15) is 11.5 Å². The first-order valence-corrected chi connectivity index (χ1v) is 18.4. The number of carbonyl (C=O) groups is 1. The van der Waals surface area contributed by atoms with Crippen LogP contribution in [0.5, 0.6) is 11.5 Å². The first-order valence-electron chi connectivity index (χ1n) is 17.0. The van der Waals surface area contributed by atoms with Crippen LogP contribution in [0.15, 0.2) is 71.6 Å². The molecule has 2 N–H and O–H groups in total. The van der Waals surface area contributed by atoms with Gasteiger partial charge in [-0.3, -0.25) is 14.4 Å². The number of rotatable bonds is 10. The van der Waals surface area contributed by atoms with E-state index >= 15 is 0 Å². The average molecular weight is 736 g/mol. The Hall–Kier alpha value is -3.85. The highest BCUT2D eigenvalue weighted by molar-refractivity contribution is 7.92. The number of likely N-dealkylation sites (N-methyl/N-ethyl adjacent to an activating group) is 1. The van der Waals surface area contributed by atoms with Gasteiger partial charge in [-0.25, -0.2) is 8.42 Å². The van der Waals surface area contributed by atoms with Crippen LogP contribution in [0.4, 0.5) is 18.9 Å². The maximum atomic E-state index is 14.4. The molecule has 0 aliphatic carbocycles. The Morgan fingerprint density at radius 2 is 1.75 bits per heavy atom. The molecule has 0 spiro atoms. The average Bonchev–Trinajstić information content (AvgIpc) is 3.09. The van der Waals surface area contributed by atoms with Gasteiger partial charge in [0, 0.05) is 37.8 Å². The number of ether oxygens (including phenoxy) is 3. The molecule has 1 amide bonds. The van der Waals surface area contributed by atoms with Gasteiger partial charge < -0.3 is 24.2 Å². The molecular formula is C37H48F3N3O7S. The Morgan fingerprint density at radius 1 is 1.06 bits per heavy atom. The highest BCUT2D eigenvalue weighted by atomic mass is 32.2. The number of fused-ring (bicyclic) bond motifs is 1. The van der Waals surface area contributed by atoms with Crippen LogP contribution in [0.2, 0.25) is 0 Å². The van der Waals surface area contributed by atoms with Crippen molar-refractivity contribution in [3.05, 3.63) is 83.4 Å². The Bertz CT molecular complexity index is 1690. The summed E-state index contributed by atoms with van der Waals surface area (Å²) < 4.78 is 86.1. The van der Waals surface area contributed by atoms with Crippen molar-refractivity contribution in [1.29, 1.82) is 0 Å². The summed E-state index contributed by atoms with van der Waals surface area (Å²) in [5, 5.41) is 10.2. The van der Waals surface area contributed by atoms with Crippen LogP contribution in [0.1, 0.15) is 61.5 Å². The summed E-state index contributed by atoms with van der Waals surface area (Å²) in [5.74, 6) is 0.109. The molecule has 4 atom stereocenters. The molecule has 0 bridgehead atoms. The second kappa shape index (κ2) is 17.6. The minimum Gasteiger partial charge on any atom is -0.497 e. The van der Waals surface area contributed by atoms with Crippen molar-refractivity contribution < 1.29 is 45.7 Å². The van der Waals surface area contributed by atoms with Gasteiger partial charge in [-0.15, -0.1) is 0 Å². The minimum atomic E-state index is -4.41. The zero-order chi connectivity index (χ0) is 37.3. The van der Waals surface area contributed by atoms with Crippen LogP contribution in [0.25, 0.3) is 0 Å². The van der Waals surface area contributed by atoms with E-state index in [4.69, 9.17) is 14.2 Å². The van der Waals surface area contributed by atoms with Gasteiger partial charge in [0.05, 0.1) is 48.0 Å². The largest absolute Gasteiger partial charge is 0.497 e. The predicted octanol–water partition coefficient (Wildman–Crippen LogP) is 6.44. The molecule has 14 heteroatoms. The number of nitrogens with one attached hydrogen (secondary N) is 1. The number of hydrogen-bond donors (Lipinski definition) is 2. The standard InChI is InChI=1S/C37H48F3N3O7S/c1-25-21-43(26(2)24-44)36(45)33-20-30(41-51(46,47)32-16-14-31(48-5)15-17-32)13-18-34(33)50-27(3)8-6-7-19-49-35(25)23-42(4)22-28-9-11-29(12-10-28)37(38,39)40/h9-18,20,25-27,35,41,44H,6-8,19,21-24H2,1-5H3/t25-,26-,27-,35+/m0/s1. The van der Waals surface area contributed by atoms with Gasteiger partial charge >= 0.3 is 6.18 Å². The summed E-state index contributed by atoms with van der Waals surface area (Å²) in [7, 11) is -0.672. The number of anilines is 1. The molecule has 3 aromatic rings. The summed E-state index contributed by atoms with van der Waals surface area (Å²) in [4.78, 5) is 17.9. The van der Waals surface area contributed by atoms with Gasteiger partial charge in [0.25, 0.3) is 15.9 Å². The highest BCUT2D eigenvalue weighted by Gasteiger charge is 2.32. The number of alkyl halides is 3. The lowest BCUT2D eigenvalue weighted by Gasteiger charge is -2.36. The minimum absolute atomic E-state index is 0.0123. The lowest BCUT2D eigenvalue weighted by Crippen LogP contribution is -2.47. The van der Waals surface area contributed by atoms with E-state index in [0.717, 1.165) is 25.0 Å². The maximum Gasteiger partial charge on any atom is 0.416 e. The fourth-order valence-electron chi connectivity index (χ4n) is 5.90. The van der Waals surface area contributed by atoms with Crippen LogP contribution in [-0.4, -0.2) is 87.9 Å². The van der Waals surface area contributed by atoms with Crippen molar-refractivity contribution in [3.8, 4) is 11.5 Å². The van der Waals surface area contributed by atoms with Crippen molar-refractivity contribution in [2.75, 3.05) is 45.2 Å². The predicted molar refractivity (Wildman–Crippen MR) is 188 cm³/mol. The zero-order valence-corrected chi connectivity index (χ0v) is 30.5. The number of halogens is 3. The molecule has 0 unspecified atom stereocenters. The molecule has 1 aliphatic heterocycles. The van der Waals surface area contributed by atoms with Crippen molar-refractivity contribution >= 4 is 21.6 Å². The third kappa shape index (κ3) is 11.1. The second-order valence-electron chi connectivity index (χ2n) is 13.2. The van der Waals surface area contributed by atoms with Crippen LogP contribution >= 0.6 is 0 Å². The lowest BCUT2D eigenvalue weighted by molar-refractivity contribution is -0.137. The molecular weight excluding hydrogens is 687 g/mol. The van der Waals surface area contributed by atoms with E-state index in [-0.39, 0.29) is 47.4 Å². The Labute approximate surface area is 298 Å². The molecule has 280 valence electrons. The number of hydrogen-bond acceptors (Lipinski definition) is 8. The summed E-state index contributed by atoms with van der Waals surface area (Å²) in [6, 6.07) is 14.9. The summed E-state index contributed by atoms with van der Waals surface area (Å²) >= 11 is 0. The van der Waals surface area contributed by atoms with Gasteiger partial charge in [-0.1, -0.05) is 19.1 Å². The number of aliphatic hydroxyl groups excluding tert-OH is 1. The summed E-state index contributed by atoms with van der Waals surface area (Å²) in [5.41, 5.74) is 0.306. The fourth-order valence-corrected chi connectivity index (χ4v) is 6.95. The van der Waals surface area contributed by atoms with Crippen molar-refractivity contribution in [2.45, 2.75) is 75.9 Å². The van der Waals surface area contributed by atoms with Gasteiger partial charge in [-0.2, -0.15) is 13.2 Å². The van der Waals surface area contributed by atoms with E-state index in [1.165, 1.54) is 54.5 Å². The van der Waals surface area contributed by atoms with Gasteiger partial charge in [-0.05, 0) is 100 Å². The van der Waals surface area contributed by atoms with E-state index in [0.29, 0.717) is 43.2 Å². The fraction of sp³-hybridized carbons (Fsp3) is 0.486. The Kier molecular flexibility index (Phi) is 13.8. The van der Waals surface area contributed by atoms with E-state index < -0.39 is 33.7 Å². The van der Waals surface area contributed by atoms with Crippen molar-refractivity contribution in [3.63, 3.8) is 0 Å². The first kappa shape index (κ1) is 39.9. The third-order valence-corrected chi connectivity index (χ3v) is 10.3. The number of amides is 1. The topological polar surface area (TPSA) is 118 Å². The molecule has 3 aromatic carbocycles. The lowest BCUT2D eigenvalue weighted by atomic mass is 10.0. The number of carbonyl (C=O) groups excluding carboxylic acids is 1. The smallest absolute Gasteiger partial charge is 0.416 e. The molecule has 1 aliphatic rings. The zero-order valence-electron chi connectivity index (χ0n) is 29.7. The molecule has 0 radical (unpaired) electrons. The number of aliphatic hydroxyl groups is 1. The normalized spacial score (nSPS) is 20.2. The number of nitrogens with zero attached hydrogens (tertiary/aromatic N) is 2. The molecule has 4 rings (SSSR count). The summed E-state index contributed by atoms with van der Waals surface area (Å²) in [6.07, 6.45) is -2.81. The monoisotopic (exact) mass is 735 g/mol. The van der Waals surface area contributed by atoms with Crippen molar-refractivity contribution in [1.82, 2.24) is 9.80 Å². The molecule has 0 saturated carbocycles. The molecule has 10 nitrogen and oxygen atoms in total. The quantitative estimate of drug-likeness (QED) is 0.245. The van der Waals surface area contributed by atoms with Crippen LogP contribution < -0.4 is 14.2 Å². The molecule has 51 heavy (non-hydrogen) atoms.